The van der Waals surface area contributed by atoms with Gasteiger partial charge in [-0.1, -0.05) is 30.7 Å². The van der Waals surface area contributed by atoms with Crippen LogP contribution in [0.3, 0.4) is 0 Å². The monoisotopic (exact) mass is 507 g/mol. The number of nitrogens with zero attached hydrogens (tertiary/aromatic N) is 2. The van der Waals surface area contributed by atoms with E-state index in [9.17, 15) is 23.2 Å². The Morgan fingerprint density at radius 1 is 1.29 bits per heavy atom. The molecular formula is C24H21ClF3N3O2S. The third kappa shape index (κ3) is 4.50. The second-order valence-corrected chi connectivity index (χ2v) is 9.71. The maximum atomic E-state index is 13.8. The molecule has 1 heterocycles. The number of hydrogen-bond acceptors (Lipinski definition) is 6. The molecule has 1 fully saturated rings. The van der Waals surface area contributed by atoms with Gasteiger partial charge in [0.15, 0.2) is 5.78 Å². The summed E-state index contributed by atoms with van der Waals surface area (Å²) in [6, 6.07) is 8.53. The Kier molecular flexibility index (Phi) is 6.85. The highest BCUT2D eigenvalue weighted by molar-refractivity contribution is 7.15. The van der Waals surface area contributed by atoms with Gasteiger partial charge in [-0.25, -0.2) is 4.98 Å². The third-order valence-corrected chi connectivity index (χ3v) is 7.60. The maximum Gasteiger partial charge on any atom is 0.450 e. The minimum absolute atomic E-state index is 0.0602. The summed E-state index contributed by atoms with van der Waals surface area (Å²) in [6.45, 7) is 1.27. The molecule has 0 aliphatic heterocycles. The molecule has 0 radical (unpaired) electrons. The average molecular weight is 508 g/mol. The van der Waals surface area contributed by atoms with Crippen molar-refractivity contribution in [1.29, 1.82) is 5.26 Å². The average Bonchev–Trinajstić information content (AvgIpc) is 3.43. The number of allylic oxidation sites excluding steroid dienone is 3. The molecule has 4 rings (SSSR count). The van der Waals surface area contributed by atoms with Crippen molar-refractivity contribution in [2.45, 2.75) is 38.8 Å². The van der Waals surface area contributed by atoms with Crippen molar-refractivity contribution in [2.24, 2.45) is 17.6 Å². The van der Waals surface area contributed by atoms with Crippen LogP contribution in [0.2, 0.25) is 5.02 Å². The summed E-state index contributed by atoms with van der Waals surface area (Å²) in [5.41, 5.74) is 5.90. The number of nitriles is 1. The van der Waals surface area contributed by atoms with Crippen molar-refractivity contribution >= 4 is 34.3 Å². The predicted octanol–water partition coefficient (Wildman–Crippen LogP) is 6.05. The molecule has 0 saturated heterocycles. The minimum Gasteiger partial charge on any atom is -0.454 e. The van der Waals surface area contributed by atoms with Crippen molar-refractivity contribution in [3.05, 3.63) is 57.0 Å². The molecule has 2 bridgehead atoms. The zero-order valence-corrected chi connectivity index (χ0v) is 19.8. The maximum absolute atomic E-state index is 13.8. The highest BCUT2D eigenvalue weighted by Crippen LogP contribution is 2.49. The zero-order valence-electron chi connectivity index (χ0n) is 18.2. The van der Waals surface area contributed by atoms with Gasteiger partial charge >= 0.3 is 6.18 Å². The van der Waals surface area contributed by atoms with E-state index in [1.807, 2.05) is 6.92 Å². The van der Waals surface area contributed by atoms with Crippen molar-refractivity contribution in [3.63, 3.8) is 0 Å². The van der Waals surface area contributed by atoms with Crippen molar-refractivity contribution in [3.8, 4) is 16.6 Å². The number of ketones is 1. The fraction of sp³-hybridized carbons (Fsp3) is 0.375. The molecule has 0 spiro atoms. The number of aryl methyl sites for hydroxylation is 1. The molecule has 2 N–H and O–H groups in total. The largest absolute Gasteiger partial charge is 0.454 e. The molecule has 1 saturated carbocycles. The number of thiazole rings is 1. The number of nitrogens with two attached hydrogens (primary N) is 1. The molecule has 178 valence electrons. The van der Waals surface area contributed by atoms with Gasteiger partial charge in [0.05, 0.1) is 22.9 Å². The molecule has 2 aliphatic carbocycles. The SMILES string of the molecule is CCc1sc(-c2ccc(Cl)cc2)nc1C1=C(O/C(=C(\C#N)CN)C(F)(F)F)C2CCC(C2)C1=O. The smallest absolute Gasteiger partial charge is 0.450 e. The van der Waals surface area contributed by atoms with E-state index in [0.717, 1.165) is 10.4 Å². The molecule has 1 aromatic heterocycles. The van der Waals surface area contributed by atoms with Crippen LogP contribution < -0.4 is 5.73 Å². The summed E-state index contributed by atoms with van der Waals surface area (Å²) in [5, 5.41) is 10.4. The van der Waals surface area contributed by atoms with Crippen LogP contribution in [-0.2, 0) is 16.0 Å². The van der Waals surface area contributed by atoms with Crippen LogP contribution in [-0.4, -0.2) is 23.5 Å². The molecular weight excluding hydrogens is 487 g/mol. The summed E-state index contributed by atoms with van der Waals surface area (Å²) in [6.07, 6.45) is -2.88. The summed E-state index contributed by atoms with van der Waals surface area (Å²) in [4.78, 5) is 18.9. The number of benzene rings is 1. The van der Waals surface area contributed by atoms with E-state index in [4.69, 9.17) is 22.1 Å². The summed E-state index contributed by atoms with van der Waals surface area (Å²) >= 11 is 7.36. The van der Waals surface area contributed by atoms with E-state index in [0.29, 0.717) is 41.4 Å². The van der Waals surface area contributed by atoms with E-state index in [-0.39, 0.29) is 29.0 Å². The molecule has 2 unspecified atom stereocenters. The lowest BCUT2D eigenvalue weighted by Gasteiger charge is -2.27. The third-order valence-electron chi connectivity index (χ3n) is 6.10. The highest BCUT2D eigenvalue weighted by atomic mass is 35.5. The quantitative estimate of drug-likeness (QED) is 0.379. The van der Waals surface area contributed by atoms with E-state index in [2.05, 4.69) is 4.98 Å². The number of rotatable bonds is 6. The first-order valence-corrected chi connectivity index (χ1v) is 12.0. The highest BCUT2D eigenvalue weighted by Gasteiger charge is 2.47. The number of fused-ring (bicyclic) bond motifs is 2. The van der Waals surface area contributed by atoms with Gasteiger partial charge in [-0.05, 0) is 37.8 Å². The molecule has 5 nitrogen and oxygen atoms in total. The number of carbonyl (C=O) groups is 1. The fourth-order valence-corrected chi connectivity index (χ4v) is 5.59. The van der Waals surface area contributed by atoms with Crippen LogP contribution in [0.15, 0.2) is 41.4 Å². The Bertz CT molecular complexity index is 1230. The second kappa shape index (κ2) is 9.53. The van der Waals surface area contributed by atoms with Gasteiger partial charge in [-0.2, -0.15) is 18.4 Å². The Balaban J connectivity index is 1.90. The normalized spacial score (nSPS) is 20.9. The fourth-order valence-electron chi connectivity index (χ4n) is 4.45. The summed E-state index contributed by atoms with van der Waals surface area (Å²) in [5.74, 6) is -2.43. The Morgan fingerprint density at radius 3 is 2.56 bits per heavy atom. The van der Waals surface area contributed by atoms with Crippen LogP contribution in [0, 0.1) is 23.2 Å². The second-order valence-electron chi connectivity index (χ2n) is 8.19. The number of alkyl halides is 3. The van der Waals surface area contributed by atoms with E-state index >= 15 is 0 Å². The van der Waals surface area contributed by atoms with Crippen LogP contribution in [0.4, 0.5) is 13.2 Å². The van der Waals surface area contributed by atoms with E-state index < -0.39 is 24.1 Å². The van der Waals surface area contributed by atoms with Crippen molar-refractivity contribution in [2.75, 3.05) is 6.54 Å². The number of Topliss-reactive ketones (excluding diaryl/α,β-unsaturated/α-hetero) is 1. The topological polar surface area (TPSA) is 89.0 Å². The van der Waals surface area contributed by atoms with Crippen molar-refractivity contribution in [1.82, 2.24) is 4.98 Å². The lowest BCUT2D eigenvalue weighted by atomic mass is 9.84. The molecule has 34 heavy (non-hydrogen) atoms. The van der Waals surface area contributed by atoms with Crippen LogP contribution in [0.1, 0.15) is 36.8 Å². The first-order chi connectivity index (χ1) is 16.2. The lowest BCUT2D eigenvalue weighted by Crippen LogP contribution is -2.26. The number of carbonyl (C=O) groups excluding carboxylic acids is 1. The summed E-state index contributed by atoms with van der Waals surface area (Å²) in [7, 11) is 0. The van der Waals surface area contributed by atoms with E-state index in [1.54, 1.807) is 24.3 Å². The van der Waals surface area contributed by atoms with Gasteiger partial charge in [-0.3, -0.25) is 4.79 Å². The Hall–Kier alpha value is -2.67. The number of ether oxygens (including phenoxy) is 1. The van der Waals surface area contributed by atoms with Gasteiger partial charge in [0, 0.05) is 33.8 Å². The first kappa shape index (κ1) is 24.5. The summed E-state index contributed by atoms with van der Waals surface area (Å²) < 4.78 is 47.0. The number of aromatic nitrogens is 1. The van der Waals surface area contributed by atoms with Gasteiger partial charge in [0.25, 0.3) is 0 Å². The Labute approximate surface area is 203 Å². The zero-order chi connectivity index (χ0) is 24.6. The van der Waals surface area contributed by atoms with Crippen molar-refractivity contribution < 1.29 is 22.7 Å². The molecule has 2 aromatic rings. The molecule has 2 aliphatic rings. The van der Waals surface area contributed by atoms with E-state index in [1.165, 1.54) is 17.4 Å². The van der Waals surface area contributed by atoms with Gasteiger partial charge in [0.1, 0.15) is 10.8 Å². The van der Waals surface area contributed by atoms with Crippen LogP contribution in [0.5, 0.6) is 0 Å². The minimum atomic E-state index is -4.94. The first-order valence-electron chi connectivity index (χ1n) is 10.8. The number of halogens is 4. The predicted molar refractivity (Wildman–Crippen MR) is 124 cm³/mol. The van der Waals surface area contributed by atoms with Gasteiger partial charge in [-0.15, -0.1) is 11.3 Å². The molecule has 10 heteroatoms. The lowest BCUT2D eigenvalue weighted by molar-refractivity contribution is -0.128. The molecule has 1 aromatic carbocycles. The van der Waals surface area contributed by atoms with Crippen LogP contribution in [0.25, 0.3) is 16.1 Å². The van der Waals surface area contributed by atoms with Gasteiger partial charge in [0.2, 0.25) is 5.76 Å². The van der Waals surface area contributed by atoms with Gasteiger partial charge < -0.3 is 10.5 Å². The number of hydrogen-bond donors (Lipinski definition) is 1. The standard InChI is InChI=1S/C24H21ClF3N3O2S/c1-2-17-19(31-23(34-17)12-5-7-16(25)8-6-12)18-20(32)13-3-4-14(9-13)21(18)33-22(24(26,27)28)15(10-29)11-30/h5-8,13-14H,2-4,9-10,29H2,1H3/b22-15-. The molecule has 0 amide bonds. The Morgan fingerprint density at radius 2 is 1.97 bits per heavy atom. The van der Waals surface area contributed by atoms with Crippen LogP contribution >= 0.6 is 22.9 Å². The molecule has 2 atom stereocenters.